The third-order valence-corrected chi connectivity index (χ3v) is 5.27. The van der Waals surface area contributed by atoms with Gasteiger partial charge >= 0.3 is 0 Å². The molecule has 1 aromatic heterocycles. The lowest BCUT2D eigenvalue weighted by Crippen LogP contribution is -2.43. The summed E-state index contributed by atoms with van der Waals surface area (Å²) in [5, 5.41) is 5.66. The van der Waals surface area contributed by atoms with Gasteiger partial charge in [-0.15, -0.1) is 11.3 Å². The number of ether oxygens (including phenoxy) is 1. The van der Waals surface area contributed by atoms with Gasteiger partial charge in [0.05, 0.1) is 6.10 Å². The smallest absolute Gasteiger partial charge is 0.114 e. The number of alkyl halides is 1. The Morgan fingerprint density at radius 2 is 2.45 bits per heavy atom. The van der Waals surface area contributed by atoms with E-state index in [2.05, 4.69) is 34.7 Å². The van der Waals surface area contributed by atoms with E-state index in [1.54, 1.807) is 11.3 Å². The second kappa shape index (κ2) is 6.52. The molecule has 0 radical (unpaired) electrons. The van der Waals surface area contributed by atoms with E-state index >= 15 is 0 Å². The molecule has 2 aliphatic heterocycles. The minimum absolute atomic E-state index is 0.281. The van der Waals surface area contributed by atoms with Gasteiger partial charge in [-0.25, -0.2) is 4.39 Å². The summed E-state index contributed by atoms with van der Waals surface area (Å²) in [5.41, 5.74) is 0. The first-order valence-corrected chi connectivity index (χ1v) is 8.36. The van der Waals surface area contributed by atoms with Crippen molar-refractivity contribution in [2.45, 2.75) is 50.7 Å². The summed E-state index contributed by atoms with van der Waals surface area (Å²) in [5.74, 6) is 0. The predicted molar refractivity (Wildman–Crippen MR) is 79.9 cm³/mol. The van der Waals surface area contributed by atoms with Gasteiger partial charge in [0.2, 0.25) is 0 Å². The molecule has 2 fully saturated rings. The van der Waals surface area contributed by atoms with Gasteiger partial charge in [0.1, 0.15) is 6.17 Å². The van der Waals surface area contributed by atoms with Crippen LogP contribution in [0.4, 0.5) is 4.39 Å². The third-order valence-electron chi connectivity index (χ3n) is 4.41. The van der Waals surface area contributed by atoms with Crippen LogP contribution in [0.2, 0.25) is 0 Å². The molecule has 1 aromatic rings. The maximum Gasteiger partial charge on any atom is 0.114 e. The zero-order chi connectivity index (χ0) is 13.9. The van der Waals surface area contributed by atoms with Crippen molar-refractivity contribution >= 4 is 11.3 Å². The Morgan fingerprint density at radius 1 is 1.55 bits per heavy atom. The second-order valence-electron chi connectivity index (χ2n) is 5.87. The van der Waals surface area contributed by atoms with E-state index in [1.165, 1.54) is 4.88 Å². The van der Waals surface area contributed by atoms with Crippen LogP contribution in [0.25, 0.3) is 0 Å². The molecule has 5 heteroatoms. The van der Waals surface area contributed by atoms with Gasteiger partial charge in [0, 0.05) is 43.2 Å². The summed E-state index contributed by atoms with van der Waals surface area (Å²) in [6, 6.07) is 4.93. The molecule has 0 bridgehead atoms. The number of hydrogen-bond donors (Lipinski definition) is 1. The lowest BCUT2D eigenvalue weighted by molar-refractivity contribution is 0.111. The Kier molecular flexibility index (Phi) is 4.71. The van der Waals surface area contributed by atoms with Crippen LogP contribution < -0.4 is 5.32 Å². The van der Waals surface area contributed by atoms with Crippen LogP contribution in [0.1, 0.15) is 24.6 Å². The molecule has 0 spiro atoms. The number of likely N-dealkylation sites (tertiary alicyclic amines) is 1. The van der Waals surface area contributed by atoms with Crippen molar-refractivity contribution in [3.8, 4) is 0 Å². The van der Waals surface area contributed by atoms with Crippen LogP contribution in [-0.2, 0) is 11.3 Å². The highest BCUT2D eigenvalue weighted by Crippen LogP contribution is 2.24. The Balaban J connectivity index is 1.53. The van der Waals surface area contributed by atoms with Crippen molar-refractivity contribution < 1.29 is 9.13 Å². The summed E-state index contributed by atoms with van der Waals surface area (Å²) < 4.78 is 19.3. The Hall–Kier alpha value is -0.490. The fourth-order valence-corrected chi connectivity index (χ4v) is 3.95. The van der Waals surface area contributed by atoms with Crippen molar-refractivity contribution in [2.75, 3.05) is 19.7 Å². The molecule has 20 heavy (non-hydrogen) atoms. The maximum atomic E-state index is 13.7. The van der Waals surface area contributed by atoms with E-state index in [-0.39, 0.29) is 6.10 Å². The number of thiophene rings is 1. The van der Waals surface area contributed by atoms with E-state index in [9.17, 15) is 4.39 Å². The van der Waals surface area contributed by atoms with Gasteiger partial charge in [0.15, 0.2) is 0 Å². The van der Waals surface area contributed by atoms with Crippen LogP contribution in [0, 0.1) is 0 Å². The van der Waals surface area contributed by atoms with E-state index in [0.29, 0.717) is 25.0 Å². The first kappa shape index (κ1) is 14.4. The summed E-state index contributed by atoms with van der Waals surface area (Å²) >= 11 is 1.75. The minimum atomic E-state index is -0.681. The quantitative estimate of drug-likeness (QED) is 0.903. The van der Waals surface area contributed by atoms with Gasteiger partial charge in [0.25, 0.3) is 0 Å². The molecule has 3 nitrogen and oxygen atoms in total. The highest BCUT2D eigenvalue weighted by molar-refractivity contribution is 7.09. The van der Waals surface area contributed by atoms with Crippen LogP contribution in [0.3, 0.4) is 0 Å². The lowest BCUT2D eigenvalue weighted by Gasteiger charge is -2.26. The van der Waals surface area contributed by atoms with Gasteiger partial charge in [-0.2, -0.15) is 0 Å². The fourth-order valence-electron chi connectivity index (χ4n) is 3.22. The molecule has 3 heterocycles. The summed E-state index contributed by atoms with van der Waals surface area (Å²) in [6.45, 7) is 5.26. The molecule has 0 saturated carbocycles. The molecular weight excluding hydrogens is 275 g/mol. The molecule has 2 aliphatic rings. The van der Waals surface area contributed by atoms with Crippen LogP contribution >= 0.6 is 11.3 Å². The van der Waals surface area contributed by atoms with Crippen molar-refractivity contribution in [1.82, 2.24) is 10.2 Å². The first-order chi connectivity index (χ1) is 9.72. The molecule has 4 atom stereocenters. The predicted octanol–water partition coefficient (Wildman–Crippen LogP) is 2.43. The second-order valence-corrected chi connectivity index (χ2v) is 6.91. The highest BCUT2D eigenvalue weighted by atomic mass is 32.1. The van der Waals surface area contributed by atoms with Crippen molar-refractivity contribution in [1.29, 1.82) is 0 Å². The molecule has 112 valence electrons. The Morgan fingerprint density at radius 3 is 3.15 bits per heavy atom. The van der Waals surface area contributed by atoms with Gasteiger partial charge in [-0.1, -0.05) is 6.07 Å². The molecular formula is C15H23FN2OS. The van der Waals surface area contributed by atoms with E-state index in [1.807, 2.05) is 0 Å². The monoisotopic (exact) mass is 298 g/mol. The topological polar surface area (TPSA) is 24.5 Å². The SMILES string of the molecule is C[C@@H]1OCC[C@H]1NC[C@@H]1C[C@H](F)CN1Cc1cccs1. The molecule has 0 aliphatic carbocycles. The van der Waals surface area contributed by atoms with Crippen LogP contribution in [0.5, 0.6) is 0 Å². The van der Waals surface area contributed by atoms with Gasteiger partial charge in [-0.3, -0.25) is 4.90 Å². The number of nitrogens with zero attached hydrogens (tertiary/aromatic N) is 1. The number of hydrogen-bond acceptors (Lipinski definition) is 4. The Labute approximate surface area is 124 Å². The first-order valence-electron chi connectivity index (χ1n) is 7.48. The average Bonchev–Trinajstić information content (AvgIpc) is 3.11. The highest BCUT2D eigenvalue weighted by Gasteiger charge is 2.33. The summed E-state index contributed by atoms with van der Waals surface area (Å²) in [7, 11) is 0. The number of nitrogens with one attached hydrogen (secondary N) is 1. The van der Waals surface area contributed by atoms with Crippen molar-refractivity contribution in [3.63, 3.8) is 0 Å². The average molecular weight is 298 g/mol. The lowest BCUT2D eigenvalue weighted by atomic mass is 10.1. The van der Waals surface area contributed by atoms with Crippen molar-refractivity contribution in [2.24, 2.45) is 0 Å². The zero-order valence-electron chi connectivity index (χ0n) is 11.9. The van der Waals surface area contributed by atoms with E-state index in [0.717, 1.165) is 26.1 Å². The molecule has 1 N–H and O–H groups in total. The Bertz CT molecular complexity index is 414. The van der Waals surface area contributed by atoms with E-state index < -0.39 is 6.17 Å². The summed E-state index contributed by atoms with van der Waals surface area (Å²) in [4.78, 5) is 3.60. The van der Waals surface area contributed by atoms with E-state index in [4.69, 9.17) is 4.74 Å². The fraction of sp³-hybridized carbons (Fsp3) is 0.733. The normalized spacial score (nSPS) is 34.9. The maximum absolute atomic E-state index is 13.7. The van der Waals surface area contributed by atoms with Gasteiger partial charge in [-0.05, 0) is 31.2 Å². The molecule has 0 unspecified atom stereocenters. The zero-order valence-corrected chi connectivity index (χ0v) is 12.7. The standard InChI is InChI=1S/C15H23FN2OS/c1-11-15(4-5-19-11)17-8-13-7-12(16)9-18(13)10-14-3-2-6-20-14/h2-3,6,11-13,15,17H,4-5,7-10H2,1H3/t11-,12-,13-,15+/m0/s1. The third kappa shape index (κ3) is 3.39. The largest absolute Gasteiger partial charge is 0.377 e. The number of rotatable bonds is 5. The van der Waals surface area contributed by atoms with Crippen LogP contribution in [-0.4, -0.2) is 49.0 Å². The van der Waals surface area contributed by atoms with Crippen molar-refractivity contribution in [3.05, 3.63) is 22.4 Å². The summed E-state index contributed by atoms with van der Waals surface area (Å²) in [6.07, 6.45) is 1.32. The minimum Gasteiger partial charge on any atom is -0.377 e. The molecule has 0 aromatic carbocycles. The molecule has 3 rings (SSSR count). The van der Waals surface area contributed by atoms with Gasteiger partial charge < -0.3 is 10.1 Å². The molecule has 0 amide bonds. The van der Waals surface area contributed by atoms with Crippen LogP contribution in [0.15, 0.2) is 17.5 Å². The number of halogens is 1. The molecule has 2 saturated heterocycles.